The highest BCUT2D eigenvalue weighted by molar-refractivity contribution is 6.04. The minimum Gasteiger partial charge on any atom is -0.399 e. The Kier molecular flexibility index (Phi) is 2.47. The first-order valence-corrected chi connectivity index (χ1v) is 6.13. The van der Waals surface area contributed by atoms with Gasteiger partial charge in [0.05, 0.1) is 6.54 Å². The molecule has 5 heteroatoms. The van der Waals surface area contributed by atoms with Crippen molar-refractivity contribution in [2.45, 2.75) is 25.4 Å². The minimum absolute atomic E-state index is 0.0608. The number of benzene rings is 1. The van der Waals surface area contributed by atoms with Crippen LogP contribution in [0.25, 0.3) is 0 Å². The number of carbonyl (C=O) groups is 2. The average Bonchev–Trinajstić information content (AvgIpc) is 2.92. The zero-order chi connectivity index (χ0) is 12.7. The Morgan fingerprint density at radius 2 is 1.94 bits per heavy atom. The van der Waals surface area contributed by atoms with Gasteiger partial charge >= 0.3 is 6.03 Å². The van der Waals surface area contributed by atoms with Gasteiger partial charge in [0.15, 0.2) is 0 Å². The SMILES string of the molecule is Nc1ccc(CN2C(=O)[C@H]3CCCN3C2=O)cc1. The summed E-state index contributed by atoms with van der Waals surface area (Å²) in [5, 5.41) is 0. The summed E-state index contributed by atoms with van der Waals surface area (Å²) in [4.78, 5) is 27.2. The van der Waals surface area contributed by atoms with Gasteiger partial charge in [-0.25, -0.2) is 4.79 Å². The number of nitrogen functional groups attached to an aromatic ring is 1. The van der Waals surface area contributed by atoms with E-state index in [0.717, 1.165) is 18.4 Å². The quantitative estimate of drug-likeness (QED) is 0.628. The number of urea groups is 1. The van der Waals surface area contributed by atoms with Crippen LogP contribution >= 0.6 is 0 Å². The van der Waals surface area contributed by atoms with E-state index in [4.69, 9.17) is 5.73 Å². The molecule has 0 saturated carbocycles. The van der Waals surface area contributed by atoms with Crippen LogP contribution in [0.4, 0.5) is 10.5 Å². The Hall–Kier alpha value is -2.04. The fourth-order valence-corrected chi connectivity index (χ4v) is 2.63. The zero-order valence-corrected chi connectivity index (χ0v) is 10.0. The molecule has 2 N–H and O–H groups in total. The maximum Gasteiger partial charge on any atom is 0.327 e. The molecule has 3 amide bonds. The largest absolute Gasteiger partial charge is 0.399 e. The van der Waals surface area contributed by atoms with E-state index < -0.39 is 0 Å². The van der Waals surface area contributed by atoms with Crippen LogP contribution in [0.2, 0.25) is 0 Å². The molecule has 2 aliphatic rings. The molecule has 2 saturated heterocycles. The highest BCUT2D eigenvalue weighted by Gasteiger charge is 2.46. The van der Waals surface area contributed by atoms with Gasteiger partial charge in [-0.2, -0.15) is 0 Å². The zero-order valence-electron chi connectivity index (χ0n) is 10.0. The van der Waals surface area contributed by atoms with E-state index in [-0.39, 0.29) is 18.0 Å². The molecule has 2 heterocycles. The number of nitrogens with two attached hydrogens (primary N) is 1. The van der Waals surface area contributed by atoms with Crippen LogP contribution in [-0.4, -0.2) is 34.3 Å². The van der Waals surface area contributed by atoms with Crippen molar-refractivity contribution in [1.82, 2.24) is 9.80 Å². The van der Waals surface area contributed by atoms with Crippen molar-refractivity contribution < 1.29 is 9.59 Å². The van der Waals surface area contributed by atoms with Gasteiger partial charge in [-0.1, -0.05) is 12.1 Å². The summed E-state index contributed by atoms with van der Waals surface area (Å²) in [6.07, 6.45) is 1.72. The molecule has 2 aliphatic heterocycles. The van der Waals surface area contributed by atoms with Crippen LogP contribution in [0.1, 0.15) is 18.4 Å². The molecule has 0 radical (unpaired) electrons. The van der Waals surface area contributed by atoms with Crippen molar-refractivity contribution in [2.75, 3.05) is 12.3 Å². The molecule has 5 nitrogen and oxygen atoms in total. The maximum absolute atomic E-state index is 12.1. The summed E-state index contributed by atoms with van der Waals surface area (Å²) in [6.45, 7) is 1.04. The van der Waals surface area contributed by atoms with Gasteiger partial charge in [0, 0.05) is 12.2 Å². The third kappa shape index (κ3) is 1.63. The van der Waals surface area contributed by atoms with Crippen molar-refractivity contribution in [2.24, 2.45) is 0 Å². The van der Waals surface area contributed by atoms with Gasteiger partial charge in [-0.15, -0.1) is 0 Å². The van der Waals surface area contributed by atoms with Gasteiger partial charge in [0.2, 0.25) is 0 Å². The van der Waals surface area contributed by atoms with Crippen LogP contribution < -0.4 is 5.73 Å². The van der Waals surface area contributed by atoms with Gasteiger partial charge in [0.1, 0.15) is 6.04 Å². The first-order valence-electron chi connectivity index (χ1n) is 6.13. The predicted octanol–water partition coefficient (Wildman–Crippen LogP) is 1.20. The summed E-state index contributed by atoms with van der Waals surface area (Å²) in [5.41, 5.74) is 7.21. The average molecular weight is 245 g/mol. The molecule has 0 bridgehead atoms. The lowest BCUT2D eigenvalue weighted by atomic mass is 10.2. The summed E-state index contributed by atoms with van der Waals surface area (Å²) in [5.74, 6) is -0.0608. The van der Waals surface area contributed by atoms with Crippen molar-refractivity contribution in [3.63, 3.8) is 0 Å². The Balaban J connectivity index is 1.79. The summed E-state index contributed by atoms with van der Waals surface area (Å²) >= 11 is 0. The van der Waals surface area contributed by atoms with E-state index >= 15 is 0 Å². The molecule has 94 valence electrons. The van der Waals surface area contributed by atoms with Crippen LogP contribution in [0.5, 0.6) is 0 Å². The van der Waals surface area contributed by atoms with E-state index in [1.807, 2.05) is 12.1 Å². The topological polar surface area (TPSA) is 66.6 Å². The van der Waals surface area contributed by atoms with Crippen LogP contribution in [0.15, 0.2) is 24.3 Å². The number of nitrogens with zero attached hydrogens (tertiary/aromatic N) is 2. The lowest BCUT2D eigenvalue weighted by molar-refractivity contribution is -0.128. The van der Waals surface area contributed by atoms with Crippen molar-refractivity contribution >= 4 is 17.6 Å². The number of fused-ring (bicyclic) bond motifs is 1. The number of amides is 3. The highest BCUT2D eigenvalue weighted by Crippen LogP contribution is 2.28. The molecular weight excluding hydrogens is 230 g/mol. The molecule has 1 atom stereocenters. The summed E-state index contributed by atoms with van der Waals surface area (Å²) in [7, 11) is 0. The normalized spacial score (nSPS) is 22.8. The second kappa shape index (κ2) is 4.01. The number of anilines is 1. The predicted molar refractivity (Wildman–Crippen MR) is 66.5 cm³/mol. The molecule has 18 heavy (non-hydrogen) atoms. The van der Waals surface area contributed by atoms with Crippen molar-refractivity contribution in [3.05, 3.63) is 29.8 Å². The molecule has 1 aromatic carbocycles. The van der Waals surface area contributed by atoms with E-state index in [0.29, 0.717) is 18.8 Å². The second-order valence-electron chi connectivity index (χ2n) is 4.80. The third-order valence-corrected chi connectivity index (χ3v) is 3.60. The van der Waals surface area contributed by atoms with Crippen LogP contribution in [0.3, 0.4) is 0 Å². The van der Waals surface area contributed by atoms with E-state index in [2.05, 4.69) is 0 Å². The number of carbonyl (C=O) groups excluding carboxylic acids is 2. The molecule has 0 aromatic heterocycles. The Bertz CT molecular complexity index is 475. The smallest absolute Gasteiger partial charge is 0.327 e. The highest BCUT2D eigenvalue weighted by atomic mass is 16.2. The monoisotopic (exact) mass is 245 g/mol. The molecule has 0 spiro atoms. The fraction of sp³-hybridized carbons (Fsp3) is 0.385. The maximum atomic E-state index is 12.1. The van der Waals surface area contributed by atoms with Crippen molar-refractivity contribution in [3.8, 4) is 0 Å². The fourth-order valence-electron chi connectivity index (χ4n) is 2.63. The molecule has 0 aliphatic carbocycles. The first kappa shape index (κ1) is 11.1. The summed E-state index contributed by atoms with van der Waals surface area (Å²) in [6, 6.07) is 6.88. The number of imide groups is 1. The van der Waals surface area contributed by atoms with Gasteiger partial charge in [-0.3, -0.25) is 9.69 Å². The first-order chi connectivity index (χ1) is 8.66. The molecule has 1 aromatic rings. The Morgan fingerprint density at radius 1 is 1.22 bits per heavy atom. The lowest BCUT2D eigenvalue weighted by Gasteiger charge is -2.15. The Morgan fingerprint density at radius 3 is 2.61 bits per heavy atom. The number of hydrogen-bond donors (Lipinski definition) is 1. The lowest BCUT2D eigenvalue weighted by Crippen LogP contribution is -2.32. The van der Waals surface area contributed by atoms with E-state index in [1.165, 1.54) is 4.90 Å². The molecule has 0 unspecified atom stereocenters. The van der Waals surface area contributed by atoms with Gasteiger partial charge < -0.3 is 10.6 Å². The van der Waals surface area contributed by atoms with Gasteiger partial charge in [-0.05, 0) is 30.5 Å². The standard InChI is InChI=1S/C13H15N3O2/c14-10-5-3-9(4-6-10)8-16-12(17)11-2-1-7-15(11)13(16)18/h3-6,11H,1-2,7-8,14H2/t11-/m1/s1. The molecule has 2 fully saturated rings. The Labute approximate surface area is 105 Å². The third-order valence-electron chi connectivity index (χ3n) is 3.60. The van der Waals surface area contributed by atoms with Gasteiger partial charge in [0.25, 0.3) is 5.91 Å². The van der Waals surface area contributed by atoms with Crippen molar-refractivity contribution in [1.29, 1.82) is 0 Å². The van der Waals surface area contributed by atoms with Crippen LogP contribution in [0, 0.1) is 0 Å². The second-order valence-corrected chi connectivity index (χ2v) is 4.80. The van der Waals surface area contributed by atoms with Crippen LogP contribution in [-0.2, 0) is 11.3 Å². The number of rotatable bonds is 2. The van der Waals surface area contributed by atoms with E-state index in [9.17, 15) is 9.59 Å². The van der Waals surface area contributed by atoms with E-state index in [1.54, 1.807) is 17.0 Å². The summed E-state index contributed by atoms with van der Waals surface area (Å²) < 4.78 is 0. The number of hydrogen-bond acceptors (Lipinski definition) is 3. The molecular formula is C13H15N3O2. The molecule has 3 rings (SSSR count). The minimum atomic E-state index is -0.216.